The van der Waals surface area contributed by atoms with Crippen molar-refractivity contribution in [3.8, 4) is 11.4 Å². The van der Waals surface area contributed by atoms with Gasteiger partial charge in [0.2, 0.25) is 0 Å². The summed E-state index contributed by atoms with van der Waals surface area (Å²) >= 11 is 0. The van der Waals surface area contributed by atoms with Crippen molar-refractivity contribution in [3.63, 3.8) is 0 Å². The molecule has 4 aromatic rings. The second-order valence-electron chi connectivity index (χ2n) is 7.85. The van der Waals surface area contributed by atoms with Gasteiger partial charge in [-0.3, -0.25) is 9.69 Å². The Bertz CT molecular complexity index is 1200. The van der Waals surface area contributed by atoms with E-state index in [0.29, 0.717) is 11.4 Å². The molecule has 0 aliphatic carbocycles. The Morgan fingerprint density at radius 3 is 2.53 bits per heavy atom. The van der Waals surface area contributed by atoms with Crippen LogP contribution < -0.4 is 5.32 Å². The highest BCUT2D eigenvalue weighted by Gasteiger charge is 2.12. The fourth-order valence-corrected chi connectivity index (χ4v) is 3.93. The summed E-state index contributed by atoms with van der Waals surface area (Å²) in [5, 5.41) is 4.05. The van der Waals surface area contributed by atoms with Crippen molar-refractivity contribution in [2.45, 2.75) is 6.54 Å². The number of aromatic nitrogens is 3. The number of amides is 1. The van der Waals surface area contributed by atoms with Gasteiger partial charge in [0.15, 0.2) is 5.82 Å². The van der Waals surface area contributed by atoms with Crippen LogP contribution in [0.3, 0.4) is 0 Å². The summed E-state index contributed by atoms with van der Waals surface area (Å²) in [6, 6.07) is 17.8. The van der Waals surface area contributed by atoms with Gasteiger partial charge in [-0.15, -0.1) is 0 Å². The molecule has 32 heavy (non-hydrogen) atoms. The van der Waals surface area contributed by atoms with Gasteiger partial charge < -0.3 is 14.6 Å². The van der Waals surface area contributed by atoms with E-state index in [4.69, 9.17) is 4.74 Å². The Morgan fingerprint density at radius 2 is 1.75 bits per heavy atom. The Kier molecular flexibility index (Phi) is 5.91. The molecule has 1 fully saturated rings. The molecular formula is C25H25N5O2. The van der Waals surface area contributed by atoms with E-state index in [1.165, 1.54) is 0 Å². The fraction of sp³-hybridized carbons (Fsp3) is 0.240. The molecule has 162 valence electrons. The van der Waals surface area contributed by atoms with E-state index in [1.54, 1.807) is 12.4 Å². The number of carbonyl (C=O) groups excluding carboxylic acids is 1. The van der Waals surface area contributed by atoms with E-state index in [0.717, 1.165) is 61.5 Å². The lowest BCUT2D eigenvalue weighted by Gasteiger charge is -2.26. The minimum absolute atomic E-state index is 0.226. The first-order valence-electron chi connectivity index (χ1n) is 10.8. The molecule has 2 aromatic carbocycles. The normalized spacial score (nSPS) is 14.5. The number of nitrogens with zero attached hydrogens (tertiary/aromatic N) is 4. The molecule has 7 heteroatoms. The highest BCUT2D eigenvalue weighted by atomic mass is 16.5. The molecule has 0 spiro atoms. The van der Waals surface area contributed by atoms with Gasteiger partial charge in [-0.2, -0.15) is 0 Å². The molecule has 0 atom stereocenters. The van der Waals surface area contributed by atoms with Crippen molar-refractivity contribution >= 4 is 22.5 Å². The first kappa shape index (κ1) is 20.4. The van der Waals surface area contributed by atoms with Crippen molar-refractivity contribution in [3.05, 3.63) is 78.8 Å². The second-order valence-corrected chi connectivity index (χ2v) is 7.85. The number of fused-ring (bicyclic) bond motifs is 1. The van der Waals surface area contributed by atoms with Crippen LogP contribution in [-0.2, 0) is 11.3 Å². The summed E-state index contributed by atoms with van der Waals surface area (Å²) in [4.78, 5) is 23.8. The molecule has 0 radical (unpaired) electrons. The van der Waals surface area contributed by atoms with E-state index in [-0.39, 0.29) is 5.91 Å². The molecule has 1 saturated heterocycles. The molecule has 0 saturated carbocycles. The largest absolute Gasteiger partial charge is 0.379 e. The van der Waals surface area contributed by atoms with Crippen LogP contribution in [0.1, 0.15) is 10.4 Å². The lowest BCUT2D eigenvalue weighted by molar-refractivity contribution is 0.0365. The van der Waals surface area contributed by atoms with E-state index in [9.17, 15) is 4.79 Å². The zero-order valence-corrected chi connectivity index (χ0v) is 17.8. The Labute approximate surface area is 186 Å². The Hall–Kier alpha value is -3.55. The predicted molar refractivity (Wildman–Crippen MR) is 125 cm³/mol. The molecule has 0 bridgehead atoms. The smallest absolute Gasteiger partial charge is 0.258 e. The minimum atomic E-state index is -0.226. The maximum Gasteiger partial charge on any atom is 0.258 e. The molecule has 1 aliphatic rings. The number of hydrogen-bond acceptors (Lipinski definition) is 5. The third-order valence-corrected chi connectivity index (χ3v) is 5.74. The lowest BCUT2D eigenvalue weighted by Crippen LogP contribution is -2.38. The van der Waals surface area contributed by atoms with Gasteiger partial charge in [0, 0.05) is 66.9 Å². The molecule has 1 aliphatic heterocycles. The molecule has 2 aromatic heterocycles. The van der Waals surface area contributed by atoms with Gasteiger partial charge in [-0.25, -0.2) is 9.97 Å². The maximum absolute atomic E-state index is 12.7. The Morgan fingerprint density at radius 1 is 0.969 bits per heavy atom. The number of ether oxygens (including phenoxy) is 1. The van der Waals surface area contributed by atoms with E-state index in [1.807, 2.05) is 42.5 Å². The fourth-order valence-electron chi connectivity index (χ4n) is 3.93. The van der Waals surface area contributed by atoms with Crippen LogP contribution in [0.2, 0.25) is 0 Å². The van der Waals surface area contributed by atoms with Crippen molar-refractivity contribution in [1.29, 1.82) is 0 Å². The van der Waals surface area contributed by atoms with E-state index >= 15 is 0 Å². The lowest BCUT2D eigenvalue weighted by atomic mass is 10.2. The number of hydrogen-bond donors (Lipinski definition) is 1. The predicted octanol–water partition coefficient (Wildman–Crippen LogP) is 3.68. The first-order chi connectivity index (χ1) is 15.8. The van der Waals surface area contributed by atoms with Crippen LogP contribution >= 0.6 is 0 Å². The van der Waals surface area contributed by atoms with Crippen LogP contribution in [0.25, 0.3) is 22.3 Å². The molecule has 1 N–H and O–H groups in total. The maximum atomic E-state index is 12.7. The standard InChI is InChI=1S/C25H25N5O2/c31-25(21-17-26-24(27-18-21)19-4-2-1-3-5-19)28-22-6-7-23-20(16-22)8-9-30(23)11-10-29-12-14-32-15-13-29/h1-9,16-18H,10-15H2,(H,28,31). The van der Waals surface area contributed by atoms with Crippen LogP contribution in [0.5, 0.6) is 0 Å². The van der Waals surface area contributed by atoms with E-state index in [2.05, 4.69) is 43.1 Å². The monoisotopic (exact) mass is 427 g/mol. The van der Waals surface area contributed by atoms with Gasteiger partial charge in [-0.1, -0.05) is 30.3 Å². The molecule has 0 unspecified atom stereocenters. The molecule has 7 nitrogen and oxygen atoms in total. The van der Waals surface area contributed by atoms with Crippen molar-refractivity contribution in [2.24, 2.45) is 0 Å². The average molecular weight is 428 g/mol. The van der Waals surface area contributed by atoms with Gasteiger partial charge in [-0.05, 0) is 24.3 Å². The van der Waals surface area contributed by atoms with E-state index < -0.39 is 0 Å². The number of benzene rings is 2. The summed E-state index contributed by atoms with van der Waals surface area (Å²) in [5.41, 5.74) is 3.25. The van der Waals surface area contributed by atoms with Gasteiger partial charge in [0.25, 0.3) is 5.91 Å². The molecular weight excluding hydrogens is 402 g/mol. The summed E-state index contributed by atoms with van der Waals surface area (Å²) in [6.45, 7) is 5.55. The van der Waals surface area contributed by atoms with Gasteiger partial charge in [0.05, 0.1) is 18.8 Å². The van der Waals surface area contributed by atoms with Crippen molar-refractivity contribution in [2.75, 3.05) is 38.2 Å². The third kappa shape index (κ3) is 4.54. The van der Waals surface area contributed by atoms with Crippen LogP contribution in [-0.4, -0.2) is 58.2 Å². The quantitative estimate of drug-likeness (QED) is 0.508. The highest BCUT2D eigenvalue weighted by molar-refractivity contribution is 6.04. The van der Waals surface area contributed by atoms with Crippen molar-refractivity contribution in [1.82, 2.24) is 19.4 Å². The number of anilines is 1. The summed E-state index contributed by atoms with van der Waals surface area (Å²) < 4.78 is 7.68. The number of rotatable bonds is 6. The number of carbonyl (C=O) groups is 1. The summed E-state index contributed by atoms with van der Waals surface area (Å²) in [5.74, 6) is 0.373. The zero-order chi connectivity index (χ0) is 21.8. The zero-order valence-electron chi connectivity index (χ0n) is 17.8. The topological polar surface area (TPSA) is 72.3 Å². The van der Waals surface area contributed by atoms with Crippen LogP contribution in [0, 0.1) is 0 Å². The summed E-state index contributed by atoms with van der Waals surface area (Å²) in [7, 11) is 0. The van der Waals surface area contributed by atoms with Gasteiger partial charge >= 0.3 is 0 Å². The molecule has 3 heterocycles. The second kappa shape index (κ2) is 9.30. The highest BCUT2D eigenvalue weighted by Crippen LogP contribution is 2.21. The number of morpholine rings is 1. The van der Waals surface area contributed by atoms with Crippen molar-refractivity contribution < 1.29 is 9.53 Å². The third-order valence-electron chi connectivity index (χ3n) is 5.74. The summed E-state index contributed by atoms with van der Waals surface area (Å²) in [6.07, 6.45) is 5.23. The molecule has 1 amide bonds. The molecule has 5 rings (SSSR count). The SMILES string of the molecule is O=C(Nc1ccc2c(ccn2CCN2CCOCC2)c1)c1cnc(-c2ccccc2)nc1. The first-order valence-corrected chi connectivity index (χ1v) is 10.8. The van der Waals surface area contributed by atoms with Crippen LogP contribution in [0.4, 0.5) is 5.69 Å². The minimum Gasteiger partial charge on any atom is -0.379 e. The van der Waals surface area contributed by atoms with Crippen LogP contribution in [0.15, 0.2) is 73.2 Å². The number of nitrogens with one attached hydrogen (secondary N) is 1. The Balaban J connectivity index is 1.24. The average Bonchev–Trinajstić information content (AvgIpc) is 3.26. The van der Waals surface area contributed by atoms with Gasteiger partial charge in [0.1, 0.15) is 0 Å².